The number of likely N-dealkylation sites (N-methyl/N-ethyl adjacent to an activating group) is 1. The number of halogens is 1. The second-order valence-corrected chi connectivity index (χ2v) is 8.12. The molecule has 29 heavy (non-hydrogen) atoms. The summed E-state index contributed by atoms with van der Waals surface area (Å²) in [7, 11) is 3.37. The van der Waals surface area contributed by atoms with E-state index in [4.69, 9.17) is 4.74 Å². The van der Waals surface area contributed by atoms with Crippen LogP contribution in [-0.2, 0) is 9.59 Å². The molecule has 6 nitrogen and oxygen atoms in total. The Morgan fingerprint density at radius 3 is 2.24 bits per heavy atom. The number of para-hydroxylation sites is 1. The molecule has 1 unspecified atom stereocenters. The van der Waals surface area contributed by atoms with Crippen LogP contribution >= 0.6 is 15.9 Å². The molecule has 0 saturated heterocycles. The predicted molar refractivity (Wildman–Crippen MR) is 119 cm³/mol. The van der Waals surface area contributed by atoms with Crippen LogP contribution in [0.1, 0.15) is 25.5 Å². The average molecular weight is 462 g/mol. The van der Waals surface area contributed by atoms with Gasteiger partial charge >= 0.3 is 0 Å². The predicted octanol–water partition coefficient (Wildman–Crippen LogP) is 3.84. The lowest BCUT2D eigenvalue weighted by Gasteiger charge is -2.24. The van der Waals surface area contributed by atoms with Gasteiger partial charge in [0.2, 0.25) is 11.8 Å². The zero-order valence-electron chi connectivity index (χ0n) is 17.2. The van der Waals surface area contributed by atoms with Crippen molar-refractivity contribution in [1.82, 2.24) is 10.2 Å². The lowest BCUT2D eigenvalue weighted by molar-refractivity contribution is -0.123. The maximum atomic E-state index is 12.5. The average Bonchev–Trinajstić information content (AvgIpc) is 2.67. The van der Waals surface area contributed by atoms with E-state index in [2.05, 4.69) is 40.4 Å². The maximum absolute atomic E-state index is 12.5. The van der Waals surface area contributed by atoms with Gasteiger partial charge in [-0.25, -0.2) is 0 Å². The molecule has 0 heterocycles. The van der Waals surface area contributed by atoms with Crippen LogP contribution in [-0.4, -0.2) is 44.0 Å². The molecule has 0 spiro atoms. The third-order valence-electron chi connectivity index (χ3n) is 4.43. The Kier molecular flexibility index (Phi) is 8.67. The topological polar surface area (TPSA) is 70.7 Å². The number of methoxy groups -OCH3 is 1. The van der Waals surface area contributed by atoms with Crippen molar-refractivity contribution in [3.8, 4) is 5.75 Å². The molecule has 0 fully saturated rings. The standard InChI is InChI=1S/C22H28BrN3O3/c1-15(2)22(16-9-11-17(29-4)12-10-16)25-21(28)14-26(3)13-20(27)24-19-8-6-5-7-18(19)23/h5-12,15,22H,13-14H2,1-4H3,(H,24,27)(H,25,28). The van der Waals surface area contributed by atoms with Gasteiger partial charge < -0.3 is 15.4 Å². The molecule has 0 aliphatic heterocycles. The van der Waals surface area contributed by atoms with Gasteiger partial charge in [-0.05, 0) is 58.7 Å². The van der Waals surface area contributed by atoms with Crippen LogP contribution in [0.4, 0.5) is 5.69 Å². The van der Waals surface area contributed by atoms with Crippen molar-refractivity contribution in [3.63, 3.8) is 0 Å². The Bertz CT molecular complexity index is 824. The molecule has 0 radical (unpaired) electrons. The summed E-state index contributed by atoms with van der Waals surface area (Å²) in [6, 6.07) is 15.0. The summed E-state index contributed by atoms with van der Waals surface area (Å²) >= 11 is 3.40. The quantitative estimate of drug-likeness (QED) is 0.594. The smallest absolute Gasteiger partial charge is 0.238 e. The molecule has 7 heteroatoms. The molecule has 0 aliphatic rings. The molecule has 156 valence electrons. The lowest BCUT2D eigenvalue weighted by atomic mass is 9.96. The van der Waals surface area contributed by atoms with Crippen LogP contribution in [0.5, 0.6) is 5.75 Å². The van der Waals surface area contributed by atoms with Crippen molar-refractivity contribution in [3.05, 3.63) is 58.6 Å². The number of nitrogens with one attached hydrogen (secondary N) is 2. The van der Waals surface area contributed by atoms with Crippen molar-refractivity contribution in [2.24, 2.45) is 5.92 Å². The van der Waals surface area contributed by atoms with E-state index in [-0.39, 0.29) is 36.9 Å². The van der Waals surface area contributed by atoms with Crippen molar-refractivity contribution in [2.75, 3.05) is 32.6 Å². The summed E-state index contributed by atoms with van der Waals surface area (Å²) in [6.45, 7) is 4.36. The van der Waals surface area contributed by atoms with E-state index in [1.54, 1.807) is 19.1 Å². The van der Waals surface area contributed by atoms with Crippen molar-refractivity contribution < 1.29 is 14.3 Å². The SMILES string of the molecule is COc1ccc(C(NC(=O)CN(C)CC(=O)Nc2ccccc2Br)C(C)C)cc1. The van der Waals surface area contributed by atoms with E-state index >= 15 is 0 Å². The summed E-state index contributed by atoms with van der Waals surface area (Å²) in [6.07, 6.45) is 0. The molecule has 0 saturated carbocycles. The van der Waals surface area contributed by atoms with Gasteiger partial charge in [-0.3, -0.25) is 14.5 Å². The number of carbonyl (C=O) groups excluding carboxylic acids is 2. The first-order chi connectivity index (χ1) is 13.8. The lowest BCUT2D eigenvalue weighted by Crippen LogP contribution is -2.41. The molecule has 0 bridgehead atoms. The summed E-state index contributed by atoms with van der Waals surface area (Å²) in [5.74, 6) is 0.688. The molecule has 0 aliphatic carbocycles. The van der Waals surface area contributed by atoms with Crippen molar-refractivity contribution >= 4 is 33.4 Å². The number of carbonyl (C=O) groups is 2. The van der Waals surface area contributed by atoms with Crippen LogP contribution in [0, 0.1) is 5.92 Å². The van der Waals surface area contributed by atoms with E-state index in [9.17, 15) is 9.59 Å². The molecular formula is C22H28BrN3O3. The Balaban J connectivity index is 1.90. The zero-order valence-corrected chi connectivity index (χ0v) is 18.8. The molecule has 1 atom stereocenters. The maximum Gasteiger partial charge on any atom is 0.238 e. The number of nitrogens with zero attached hydrogens (tertiary/aromatic N) is 1. The monoisotopic (exact) mass is 461 g/mol. The van der Waals surface area contributed by atoms with Crippen LogP contribution in [0.15, 0.2) is 53.0 Å². The minimum atomic E-state index is -0.178. The Morgan fingerprint density at radius 1 is 1.03 bits per heavy atom. The van der Waals surface area contributed by atoms with Gasteiger partial charge in [0.15, 0.2) is 0 Å². The molecule has 2 amide bonds. The van der Waals surface area contributed by atoms with Gasteiger partial charge in [0.05, 0.1) is 31.9 Å². The fraction of sp³-hybridized carbons (Fsp3) is 0.364. The van der Waals surface area contributed by atoms with E-state index in [0.717, 1.165) is 15.8 Å². The molecule has 0 aromatic heterocycles. The van der Waals surface area contributed by atoms with Crippen LogP contribution < -0.4 is 15.4 Å². The van der Waals surface area contributed by atoms with Gasteiger partial charge in [-0.2, -0.15) is 0 Å². The molecule has 2 rings (SSSR count). The highest BCUT2D eigenvalue weighted by Crippen LogP contribution is 2.24. The number of anilines is 1. The number of rotatable bonds is 9. The zero-order chi connectivity index (χ0) is 21.4. The minimum absolute atomic E-state index is 0.115. The van der Waals surface area contributed by atoms with E-state index in [1.807, 2.05) is 48.5 Å². The van der Waals surface area contributed by atoms with E-state index in [0.29, 0.717) is 5.69 Å². The second kappa shape index (κ2) is 11.0. The number of ether oxygens (including phenoxy) is 1. The summed E-state index contributed by atoms with van der Waals surface area (Å²) < 4.78 is 6.01. The minimum Gasteiger partial charge on any atom is -0.497 e. The summed E-state index contributed by atoms with van der Waals surface area (Å²) in [5.41, 5.74) is 1.72. The number of hydrogen-bond acceptors (Lipinski definition) is 4. The highest BCUT2D eigenvalue weighted by Gasteiger charge is 2.20. The highest BCUT2D eigenvalue weighted by molar-refractivity contribution is 9.10. The normalized spacial score (nSPS) is 12.0. The Hall–Kier alpha value is -2.38. The van der Waals surface area contributed by atoms with Gasteiger partial charge in [-0.1, -0.05) is 38.1 Å². The van der Waals surface area contributed by atoms with Crippen molar-refractivity contribution in [1.29, 1.82) is 0 Å². The fourth-order valence-corrected chi connectivity index (χ4v) is 3.35. The first-order valence-electron chi connectivity index (χ1n) is 9.46. The third kappa shape index (κ3) is 7.18. The second-order valence-electron chi connectivity index (χ2n) is 7.26. The van der Waals surface area contributed by atoms with Gasteiger partial charge in [0.1, 0.15) is 5.75 Å². The summed E-state index contributed by atoms with van der Waals surface area (Å²) in [5, 5.41) is 5.91. The molecule has 2 aromatic rings. The molecular weight excluding hydrogens is 434 g/mol. The van der Waals surface area contributed by atoms with Gasteiger partial charge in [0, 0.05) is 4.47 Å². The Morgan fingerprint density at radius 2 is 1.66 bits per heavy atom. The van der Waals surface area contributed by atoms with Gasteiger partial charge in [0.25, 0.3) is 0 Å². The largest absolute Gasteiger partial charge is 0.497 e. The van der Waals surface area contributed by atoms with E-state index in [1.165, 1.54) is 0 Å². The number of hydrogen-bond donors (Lipinski definition) is 2. The molecule has 2 aromatic carbocycles. The number of amides is 2. The molecule has 2 N–H and O–H groups in total. The van der Waals surface area contributed by atoms with Crippen LogP contribution in [0.2, 0.25) is 0 Å². The first-order valence-corrected chi connectivity index (χ1v) is 10.3. The third-order valence-corrected chi connectivity index (χ3v) is 5.12. The van der Waals surface area contributed by atoms with Crippen LogP contribution in [0.25, 0.3) is 0 Å². The van der Waals surface area contributed by atoms with Gasteiger partial charge in [-0.15, -0.1) is 0 Å². The fourth-order valence-electron chi connectivity index (χ4n) is 2.96. The van der Waals surface area contributed by atoms with Crippen LogP contribution in [0.3, 0.4) is 0 Å². The van der Waals surface area contributed by atoms with E-state index < -0.39 is 0 Å². The number of benzene rings is 2. The Labute approximate surface area is 180 Å². The summed E-state index contributed by atoms with van der Waals surface area (Å²) in [4.78, 5) is 26.5. The van der Waals surface area contributed by atoms with Crippen molar-refractivity contribution in [2.45, 2.75) is 19.9 Å². The first kappa shape index (κ1) is 22.9. The highest BCUT2D eigenvalue weighted by atomic mass is 79.9.